The fourth-order valence-corrected chi connectivity index (χ4v) is 2.00. The van der Waals surface area contributed by atoms with Gasteiger partial charge in [0.05, 0.1) is 11.9 Å². The van der Waals surface area contributed by atoms with Gasteiger partial charge in [-0.15, -0.1) is 0 Å². The SMILES string of the molecule is CCC(Cc1cn[nH]n1)c1ccc(F)c(C)c1. The molecule has 2 aromatic rings. The highest BCUT2D eigenvalue weighted by atomic mass is 19.1. The molecule has 1 heterocycles. The van der Waals surface area contributed by atoms with Crippen LogP contribution in [0.5, 0.6) is 0 Å². The molecule has 1 aromatic carbocycles. The van der Waals surface area contributed by atoms with Crippen molar-refractivity contribution in [3.63, 3.8) is 0 Å². The van der Waals surface area contributed by atoms with Crippen LogP contribution in [0, 0.1) is 12.7 Å². The molecule has 1 unspecified atom stereocenters. The van der Waals surface area contributed by atoms with Gasteiger partial charge in [-0.3, -0.25) is 0 Å². The summed E-state index contributed by atoms with van der Waals surface area (Å²) in [4.78, 5) is 0. The molecule has 3 nitrogen and oxygen atoms in total. The van der Waals surface area contributed by atoms with E-state index in [-0.39, 0.29) is 5.82 Å². The van der Waals surface area contributed by atoms with Gasteiger partial charge < -0.3 is 0 Å². The van der Waals surface area contributed by atoms with E-state index >= 15 is 0 Å². The molecule has 90 valence electrons. The summed E-state index contributed by atoms with van der Waals surface area (Å²) in [5.74, 6) is 0.212. The predicted molar refractivity (Wildman–Crippen MR) is 64.3 cm³/mol. The van der Waals surface area contributed by atoms with Gasteiger partial charge in [-0.2, -0.15) is 15.4 Å². The van der Waals surface area contributed by atoms with Gasteiger partial charge >= 0.3 is 0 Å². The van der Waals surface area contributed by atoms with E-state index < -0.39 is 0 Å². The number of aromatic amines is 1. The fourth-order valence-electron chi connectivity index (χ4n) is 2.00. The maximum atomic E-state index is 13.2. The van der Waals surface area contributed by atoms with E-state index in [4.69, 9.17) is 0 Å². The molecule has 0 amide bonds. The van der Waals surface area contributed by atoms with Crippen LogP contribution < -0.4 is 0 Å². The number of aromatic nitrogens is 3. The van der Waals surface area contributed by atoms with E-state index in [1.807, 2.05) is 12.1 Å². The lowest BCUT2D eigenvalue weighted by Crippen LogP contribution is -2.03. The smallest absolute Gasteiger partial charge is 0.126 e. The van der Waals surface area contributed by atoms with Crippen LogP contribution in [0.3, 0.4) is 0 Å². The quantitative estimate of drug-likeness (QED) is 0.882. The molecule has 0 radical (unpaired) electrons. The van der Waals surface area contributed by atoms with E-state index in [1.165, 1.54) is 6.07 Å². The van der Waals surface area contributed by atoms with Crippen molar-refractivity contribution in [1.82, 2.24) is 15.4 Å². The molecule has 0 aliphatic carbocycles. The van der Waals surface area contributed by atoms with Crippen LogP contribution in [-0.4, -0.2) is 15.4 Å². The Hall–Kier alpha value is -1.71. The van der Waals surface area contributed by atoms with Crippen molar-refractivity contribution >= 4 is 0 Å². The number of halogens is 1. The number of nitrogens with zero attached hydrogens (tertiary/aromatic N) is 2. The Balaban J connectivity index is 2.20. The molecule has 2 rings (SSSR count). The van der Waals surface area contributed by atoms with Crippen molar-refractivity contribution in [2.45, 2.75) is 32.6 Å². The zero-order valence-electron chi connectivity index (χ0n) is 10.1. The fraction of sp³-hybridized carbons (Fsp3) is 0.385. The van der Waals surface area contributed by atoms with Crippen molar-refractivity contribution in [3.05, 3.63) is 47.0 Å². The molecule has 1 N–H and O–H groups in total. The minimum absolute atomic E-state index is 0.148. The Morgan fingerprint density at radius 1 is 1.41 bits per heavy atom. The minimum atomic E-state index is -0.148. The first-order valence-electron chi connectivity index (χ1n) is 5.81. The van der Waals surface area contributed by atoms with Gasteiger partial charge in [0, 0.05) is 0 Å². The molecule has 0 fully saturated rings. The summed E-state index contributed by atoms with van der Waals surface area (Å²) in [5.41, 5.74) is 2.80. The Labute approximate surface area is 100 Å². The third-order valence-electron chi connectivity index (χ3n) is 3.07. The molecular formula is C13H16FN3. The Morgan fingerprint density at radius 2 is 2.24 bits per heavy atom. The summed E-state index contributed by atoms with van der Waals surface area (Å²) in [7, 11) is 0. The molecule has 0 aliphatic heterocycles. The molecule has 17 heavy (non-hydrogen) atoms. The lowest BCUT2D eigenvalue weighted by Gasteiger charge is -2.14. The highest BCUT2D eigenvalue weighted by Crippen LogP contribution is 2.24. The number of rotatable bonds is 4. The first kappa shape index (κ1) is 11.8. The number of benzene rings is 1. The van der Waals surface area contributed by atoms with Crippen molar-refractivity contribution in [3.8, 4) is 0 Å². The van der Waals surface area contributed by atoms with Gasteiger partial charge in [0.25, 0.3) is 0 Å². The monoisotopic (exact) mass is 233 g/mol. The molecule has 0 saturated heterocycles. The molecule has 1 aromatic heterocycles. The third-order valence-corrected chi connectivity index (χ3v) is 3.07. The van der Waals surface area contributed by atoms with E-state index in [1.54, 1.807) is 13.1 Å². The maximum Gasteiger partial charge on any atom is 0.126 e. The average Bonchev–Trinajstić information content (AvgIpc) is 2.82. The molecule has 0 saturated carbocycles. The largest absolute Gasteiger partial charge is 0.207 e. The maximum absolute atomic E-state index is 13.2. The van der Waals surface area contributed by atoms with E-state index in [9.17, 15) is 4.39 Å². The van der Waals surface area contributed by atoms with Crippen molar-refractivity contribution in [2.75, 3.05) is 0 Å². The second-order valence-corrected chi connectivity index (χ2v) is 4.28. The molecule has 1 atom stereocenters. The molecule has 0 aliphatic rings. The zero-order chi connectivity index (χ0) is 12.3. The van der Waals surface area contributed by atoms with Crippen LogP contribution in [0.25, 0.3) is 0 Å². The van der Waals surface area contributed by atoms with Gasteiger partial charge in [0.1, 0.15) is 5.82 Å². The van der Waals surface area contributed by atoms with Gasteiger partial charge in [0.15, 0.2) is 0 Å². The predicted octanol–water partition coefficient (Wildman–Crippen LogP) is 2.99. The van der Waals surface area contributed by atoms with Crippen molar-refractivity contribution in [1.29, 1.82) is 0 Å². The summed E-state index contributed by atoms with van der Waals surface area (Å²) in [6.45, 7) is 3.92. The Morgan fingerprint density at radius 3 is 2.82 bits per heavy atom. The standard InChI is InChI=1S/C13H16FN3/c1-3-10(7-12-8-15-17-16-12)11-4-5-13(14)9(2)6-11/h4-6,8,10H,3,7H2,1-2H3,(H,15,16,17). The summed E-state index contributed by atoms with van der Waals surface area (Å²) in [6, 6.07) is 5.32. The van der Waals surface area contributed by atoms with Gasteiger partial charge in [-0.25, -0.2) is 4.39 Å². The van der Waals surface area contributed by atoms with E-state index in [2.05, 4.69) is 22.3 Å². The van der Waals surface area contributed by atoms with Crippen molar-refractivity contribution in [2.24, 2.45) is 0 Å². The number of hydrogen-bond donors (Lipinski definition) is 1. The zero-order valence-corrected chi connectivity index (χ0v) is 10.1. The van der Waals surface area contributed by atoms with Gasteiger partial charge in [0.2, 0.25) is 0 Å². The van der Waals surface area contributed by atoms with Crippen LogP contribution in [0.2, 0.25) is 0 Å². The van der Waals surface area contributed by atoms with Crippen molar-refractivity contribution < 1.29 is 4.39 Å². The second kappa shape index (κ2) is 5.08. The van der Waals surface area contributed by atoms with Crippen LogP contribution in [0.1, 0.15) is 36.1 Å². The first-order valence-corrected chi connectivity index (χ1v) is 5.81. The van der Waals surface area contributed by atoms with Gasteiger partial charge in [-0.1, -0.05) is 19.1 Å². The van der Waals surface area contributed by atoms with Crippen LogP contribution >= 0.6 is 0 Å². The van der Waals surface area contributed by atoms with E-state index in [0.717, 1.165) is 24.1 Å². The Kier molecular flexibility index (Phi) is 3.52. The topological polar surface area (TPSA) is 41.6 Å². The summed E-state index contributed by atoms with van der Waals surface area (Å²) < 4.78 is 13.2. The summed E-state index contributed by atoms with van der Waals surface area (Å²) in [6.07, 6.45) is 3.56. The first-order chi connectivity index (χ1) is 8.20. The van der Waals surface area contributed by atoms with Crippen LogP contribution in [0.4, 0.5) is 4.39 Å². The van der Waals surface area contributed by atoms with Gasteiger partial charge in [-0.05, 0) is 42.9 Å². The minimum Gasteiger partial charge on any atom is -0.207 e. The molecular weight excluding hydrogens is 217 g/mol. The van der Waals surface area contributed by atoms with E-state index in [0.29, 0.717) is 11.5 Å². The second-order valence-electron chi connectivity index (χ2n) is 4.28. The van der Waals surface area contributed by atoms with Crippen LogP contribution in [0.15, 0.2) is 24.4 Å². The summed E-state index contributed by atoms with van der Waals surface area (Å²) in [5, 5.41) is 10.5. The number of hydrogen-bond acceptors (Lipinski definition) is 2. The number of H-pyrrole nitrogens is 1. The summed E-state index contributed by atoms with van der Waals surface area (Å²) >= 11 is 0. The third kappa shape index (κ3) is 2.70. The number of aryl methyl sites for hydroxylation is 1. The lowest BCUT2D eigenvalue weighted by atomic mass is 9.91. The normalized spacial score (nSPS) is 12.6. The lowest BCUT2D eigenvalue weighted by molar-refractivity contribution is 0.609. The number of nitrogens with one attached hydrogen (secondary N) is 1. The highest BCUT2D eigenvalue weighted by Gasteiger charge is 2.13. The highest BCUT2D eigenvalue weighted by molar-refractivity contribution is 5.27. The molecule has 4 heteroatoms. The molecule has 0 spiro atoms. The average molecular weight is 233 g/mol. The Bertz CT molecular complexity index is 479. The van der Waals surface area contributed by atoms with Crippen LogP contribution in [-0.2, 0) is 6.42 Å². The molecule has 0 bridgehead atoms.